The van der Waals surface area contributed by atoms with Crippen LogP contribution in [0.1, 0.15) is 37.2 Å². The van der Waals surface area contributed by atoms with Crippen LogP contribution in [0.2, 0.25) is 10.0 Å². The summed E-state index contributed by atoms with van der Waals surface area (Å²) in [5, 5.41) is 8.96. The summed E-state index contributed by atoms with van der Waals surface area (Å²) in [5.41, 5.74) is 2.27. The Bertz CT molecular complexity index is 625. The Morgan fingerprint density at radius 3 is 2.57 bits per heavy atom. The molecule has 2 aromatic rings. The van der Waals surface area contributed by atoms with Gasteiger partial charge in [-0.05, 0) is 60.9 Å². The van der Waals surface area contributed by atoms with Gasteiger partial charge >= 0.3 is 0 Å². The lowest BCUT2D eigenvalue weighted by Gasteiger charge is -2.21. The molecule has 0 radical (unpaired) electrons. The van der Waals surface area contributed by atoms with Gasteiger partial charge in [-0.3, -0.25) is 4.68 Å². The van der Waals surface area contributed by atoms with Gasteiger partial charge in [0.25, 0.3) is 0 Å². The number of nitrogens with one attached hydrogen (secondary N) is 1. The standard InChI is InChI=1S/C15H18BrCl2N3/c1-9(2)21-15(11(16)8-20-21)14(19-3)7-10-4-5-12(17)13(18)6-10/h4-6,8-9,14,19H,7H2,1-3H3. The highest BCUT2D eigenvalue weighted by atomic mass is 79.9. The number of halogens is 3. The van der Waals surface area contributed by atoms with E-state index in [0.717, 1.165) is 22.2 Å². The van der Waals surface area contributed by atoms with E-state index < -0.39 is 0 Å². The monoisotopic (exact) mass is 389 g/mol. The van der Waals surface area contributed by atoms with Crippen molar-refractivity contribution in [2.45, 2.75) is 32.4 Å². The summed E-state index contributed by atoms with van der Waals surface area (Å²) >= 11 is 15.7. The second kappa shape index (κ2) is 7.14. The minimum atomic E-state index is 0.140. The molecule has 1 atom stereocenters. The molecule has 1 unspecified atom stereocenters. The van der Waals surface area contributed by atoms with Crippen LogP contribution >= 0.6 is 39.1 Å². The van der Waals surface area contributed by atoms with Crippen molar-refractivity contribution in [3.05, 3.63) is 50.2 Å². The van der Waals surface area contributed by atoms with Crippen LogP contribution in [0.15, 0.2) is 28.9 Å². The predicted molar refractivity (Wildman–Crippen MR) is 92.3 cm³/mol. The Balaban J connectivity index is 2.32. The van der Waals surface area contributed by atoms with Crippen LogP contribution < -0.4 is 5.32 Å². The Morgan fingerprint density at radius 2 is 2.00 bits per heavy atom. The Labute approximate surface area is 143 Å². The number of hydrogen-bond acceptors (Lipinski definition) is 2. The highest BCUT2D eigenvalue weighted by Crippen LogP contribution is 2.30. The van der Waals surface area contributed by atoms with Gasteiger partial charge in [0, 0.05) is 6.04 Å². The molecular weight excluding hydrogens is 373 g/mol. The minimum Gasteiger partial charge on any atom is -0.311 e. The first-order chi connectivity index (χ1) is 9.93. The maximum Gasteiger partial charge on any atom is 0.0702 e. The summed E-state index contributed by atoms with van der Waals surface area (Å²) in [6, 6.07) is 6.19. The topological polar surface area (TPSA) is 29.9 Å². The third-order valence-corrected chi connectivity index (χ3v) is 4.73. The van der Waals surface area contributed by atoms with Crippen LogP contribution in [0.25, 0.3) is 0 Å². The molecule has 2 rings (SSSR count). The van der Waals surface area contributed by atoms with E-state index in [9.17, 15) is 0 Å². The first kappa shape index (κ1) is 16.8. The zero-order valence-corrected chi connectivity index (χ0v) is 15.3. The van der Waals surface area contributed by atoms with Crippen molar-refractivity contribution >= 4 is 39.1 Å². The Kier molecular flexibility index (Phi) is 5.72. The molecule has 0 aliphatic carbocycles. The van der Waals surface area contributed by atoms with Crippen molar-refractivity contribution in [3.63, 3.8) is 0 Å². The number of benzene rings is 1. The molecule has 0 saturated heterocycles. The molecule has 0 amide bonds. The second-order valence-electron chi connectivity index (χ2n) is 5.21. The molecule has 1 N–H and O–H groups in total. The number of aromatic nitrogens is 2. The number of rotatable bonds is 5. The fraction of sp³-hybridized carbons (Fsp3) is 0.400. The number of hydrogen-bond donors (Lipinski definition) is 1. The average molecular weight is 391 g/mol. The highest BCUT2D eigenvalue weighted by molar-refractivity contribution is 9.10. The predicted octanol–water partition coefficient (Wildman–Crippen LogP) is 5.04. The van der Waals surface area contributed by atoms with Crippen molar-refractivity contribution in [3.8, 4) is 0 Å². The minimum absolute atomic E-state index is 0.140. The van der Waals surface area contributed by atoms with Gasteiger partial charge in [-0.25, -0.2) is 0 Å². The largest absolute Gasteiger partial charge is 0.311 e. The van der Waals surface area contributed by atoms with E-state index in [1.54, 1.807) is 0 Å². The van der Waals surface area contributed by atoms with Gasteiger partial charge < -0.3 is 5.32 Å². The molecule has 114 valence electrons. The van der Waals surface area contributed by atoms with E-state index in [0.29, 0.717) is 16.1 Å². The van der Waals surface area contributed by atoms with Gasteiger partial charge in [0.1, 0.15) is 0 Å². The highest BCUT2D eigenvalue weighted by Gasteiger charge is 2.20. The summed E-state index contributed by atoms with van der Waals surface area (Å²) in [5.74, 6) is 0. The lowest BCUT2D eigenvalue weighted by atomic mass is 10.0. The summed E-state index contributed by atoms with van der Waals surface area (Å²) in [7, 11) is 1.95. The van der Waals surface area contributed by atoms with Crippen molar-refractivity contribution in [2.24, 2.45) is 0 Å². The molecule has 0 aliphatic heterocycles. The average Bonchev–Trinajstić information content (AvgIpc) is 2.82. The molecule has 0 bridgehead atoms. The fourth-order valence-electron chi connectivity index (χ4n) is 2.33. The summed E-state index contributed by atoms with van der Waals surface area (Å²) in [6.45, 7) is 4.24. The van der Waals surface area contributed by atoms with Gasteiger partial charge in [-0.1, -0.05) is 29.3 Å². The lowest BCUT2D eigenvalue weighted by molar-refractivity contribution is 0.458. The molecule has 1 aromatic heterocycles. The molecule has 0 saturated carbocycles. The van der Waals surface area contributed by atoms with Gasteiger partial charge in [0.15, 0.2) is 0 Å². The number of nitrogens with zero attached hydrogens (tertiary/aromatic N) is 2. The third-order valence-electron chi connectivity index (χ3n) is 3.38. The summed E-state index contributed by atoms with van der Waals surface area (Å²) in [4.78, 5) is 0. The normalized spacial score (nSPS) is 12.9. The Morgan fingerprint density at radius 1 is 1.29 bits per heavy atom. The van der Waals surface area contributed by atoms with Gasteiger partial charge in [0.2, 0.25) is 0 Å². The molecule has 1 heterocycles. The fourth-order valence-corrected chi connectivity index (χ4v) is 3.20. The van der Waals surface area contributed by atoms with E-state index in [1.165, 1.54) is 0 Å². The molecule has 21 heavy (non-hydrogen) atoms. The van der Waals surface area contributed by atoms with Crippen molar-refractivity contribution in [1.82, 2.24) is 15.1 Å². The van der Waals surface area contributed by atoms with Gasteiger partial charge in [-0.2, -0.15) is 5.10 Å². The van der Waals surface area contributed by atoms with Crippen LogP contribution in [0.5, 0.6) is 0 Å². The van der Waals surface area contributed by atoms with Crippen LogP contribution in [0, 0.1) is 0 Å². The van der Waals surface area contributed by atoms with Crippen molar-refractivity contribution in [1.29, 1.82) is 0 Å². The van der Waals surface area contributed by atoms with Crippen molar-refractivity contribution in [2.75, 3.05) is 7.05 Å². The first-order valence-corrected chi connectivity index (χ1v) is 8.33. The maximum atomic E-state index is 6.10. The zero-order chi connectivity index (χ0) is 15.6. The molecule has 0 fully saturated rings. The zero-order valence-electron chi connectivity index (χ0n) is 12.2. The van der Waals surface area contributed by atoms with E-state index in [1.807, 2.05) is 36.1 Å². The van der Waals surface area contributed by atoms with Crippen LogP contribution in [0.3, 0.4) is 0 Å². The van der Waals surface area contributed by atoms with Crippen LogP contribution in [0.4, 0.5) is 0 Å². The first-order valence-electron chi connectivity index (χ1n) is 6.78. The second-order valence-corrected chi connectivity index (χ2v) is 6.88. The van der Waals surface area contributed by atoms with E-state index in [2.05, 4.69) is 40.2 Å². The molecule has 6 heteroatoms. The van der Waals surface area contributed by atoms with Crippen LogP contribution in [-0.2, 0) is 6.42 Å². The van der Waals surface area contributed by atoms with E-state index in [-0.39, 0.29) is 6.04 Å². The smallest absolute Gasteiger partial charge is 0.0702 e. The molecule has 1 aromatic carbocycles. The molecular formula is C15H18BrCl2N3. The number of likely N-dealkylation sites (N-methyl/N-ethyl adjacent to an activating group) is 1. The maximum absolute atomic E-state index is 6.10. The van der Waals surface area contributed by atoms with Crippen molar-refractivity contribution < 1.29 is 0 Å². The summed E-state index contributed by atoms with van der Waals surface area (Å²) in [6.07, 6.45) is 2.65. The lowest BCUT2D eigenvalue weighted by Crippen LogP contribution is -2.23. The molecule has 0 spiro atoms. The molecule has 3 nitrogen and oxygen atoms in total. The van der Waals surface area contributed by atoms with E-state index >= 15 is 0 Å². The Hall–Kier alpha value is -0.550. The summed E-state index contributed by atoms with van der Waals surface area (Å²) < 4.78 is 3.04. The quantitative estimate of drug-likeness (QED) is 0.775. The third kappa shape index (κ3) is 3.81. The van der Waals surface area contributed by atoms with Gasteiger partial charge in [-0.15, -0.1) is 0 Å². The van der Waals surface area contributed by atoms with E-state index in [4.69, 9.17) is 23.2 Å². The SMILES string of the molecule is CNC(Cc1ccc(Cl)c(Cl)c1)c1c(Br)cnn1C(C)C. The molecule has 0 aliphatic rings. The van der Waals surface area contributed by atoms with Crippen LogP contribution in [-0.4, -0.2) is 16.8 Å². The van der Waals surface area contributed by atoms with Gasteiger partial charge in [0.05, 0.1) is 32.5 Å².